The van der Waals surface area contributed by atoms with Crippen LogP contribution in [0.15, 0.2) is 18.3 Å². The van der Waals surface area contributed by atoms with Gasteiger partial charge < -0.3 is 10.4 Å². The van der Waals surface area contributed by atoms with Crippen molar-refractivity contribution >= 4 is 5.91 Å². The highest BCUT2D eigenvalue weighted by atomic mass is 16.3. The zero-order valence-electron chi connectivity index (χ0n) is 13.0. The van der Waals surface area contributed by atoms with Crippen molar-refractivity contribution in [1.29, 1.82) is 0 Å². The molecule has 3 rings (SSSR count). The van der Waals surface area contributed by atoms with Gasteiger partial charge in [0.1, 0.15) is 11.4 Å². The number of aromatic hydroxyl groups is 1. The van der Waals surface area contributed by atoms with Crippen molar-refractivity contribution in [3.8, 4) is 5.75 Å². The molecule has 0 aromatic carbocycles. The number of amides is 1. The van der Waals surface area contributed by atoms with Crippen LogP contribution in [-0.4, -0.2) is 40.0 Å². The van der Waals surface area contributed by atoms with Crippen LogP contribution in [0, 0.1) is 5.92 Å². The van der Waals surface area contributed by atoms with Gasteiger partial charge in [0.25, 0.3) is 0 Å². The lowest BCUT2D eigenvalue weighted by Gasteiger charge is -2.30. The number of hydrogen-bond acceptors (Lipinski definition) is 4. The van der Waals surface area contributed by atoms with Gasteiger partial charge in [0, 0.05) is 18.8 Å². The Morgan fingerprint density at radius 1 is 1.32 bits per heavy atom. The van der Waals surface area contributed by atoms with Crippen molar-refractivity contribution in [2.75, 3.05) is 13.1 Å². The Morgan fingerprint density at radius 3 is 2.91 bits per heavy atom. The Bertz CT molecular complexity index is 514. The molecule has 1 atom stereocenters. The smallest absolute Gasteiger partial charge is 0.224 e. The highest BCUT2D eigenvalue weighted by Crippen LogP contribution is 2.27. The Labute approximate surface area is 131 Å². The van der Waals surface area contributed by atoms with Gasteiger partial charge in [-0.3, -0.25) is 14.7 Å². The van der Waals surface area contributed by atoms with Crippen molar-refractivity contribution in [3.05, 3.63) is 24.0 Å². The van der Waals surface area contributed by atoms with Crippen LogP contribution < -0.4 is 5.32 Å². The van der Waals surface area contributed by atoms with E-state index in [1.807, 2.05) is 0 Å². The fourth-order valence-electron chi connectivity index (χ4n) is 3.66. The number of nitrogens with one attached hydrogen (secondary N) is 1. The third-order valence-corrected chi connectivity index (χ3v) is 4.98. The van der Waals surface area contributed by atoms with Crippen molar-refractivity contribution in [2.24, 2.45) is 5.92 Å². The van der Waals surface area contributed by atoms with E-state index in [4.69, 9.17) is 0 Å². The number of pyridine rings is 1. The number of hydrogen-bond donors (Lipinski definition) is 2. The lowest BCUT2D eigenvalue weighted by molar-refractivity contribution is -0.124. The Balaban J connectivity index is 1.48. The van der Waals surface area contributed by atoms with E-state index in [2.05, 4.69) is 15.2 Å². The predicted molar refractivity (Wildman–Crippen MR) is 84.3 cm³/mol. The van der Waals surface area contributed by atoms with E-state index in [1.54, 1.807) is 18.3 Å². The highest BCUT2D eigenvalue weighted by Gasteiger charge is 2.32. The van der Waals surface area contributed by atoms with E-state index >= 15 is 0 Å². The predicted octanol–water partition coefficient (Wildman–Crippen LogP) is 2.06. The summed E-state index contributed by atoms with van der Waals surface area (Å²) in [7, 11) is 0. The molecule has 120 valence electrons. The molecule has 0 bridgehead atoms. The van der Waals surface area contributed by atoms with Crippen molar-refractivity contribution < 1.29 is 9.90 Å². The quantitative estimate of drug-likeness (QED) is 0.893. The molecule has 0 spiro atoms. The first-order chi connectivity index (χ1) is 10.7. The summed E-state index contributed by atoms with van der Waals surface area (Å²) in [6.07, 6.45) is 9.17. The van der Waals surface area contributed by atoms with E-state index in [9.17, 15) is 9.90 Å². The number of carbonyl (C=O) groups is 1. The summed E-state index contributed by atoms with van der Waals surface area (Å²) in [6, 6.07) is 3.96. The summed E-state index contributed by atoms with van der Waals surface area (Å²) < 4.78 is 0. The van der Waals surface area contributed by atoms with Gasteiger partial charge >= 0.3 is 0 Å². The maximum absolute atomic E-state index is 12.3. The van der Waals surface area contributed by atoms with Crippen LogP contribution in [0.25, 0.3) is 0 Å². The Kier molecular flexibility index (Phi) is 4.93. The Hall–Kier alpha value is -1.62. The van der Waals surface area contributed by atoms with Gasteiger partial charge in [0.15, 0.2) is 0 Å². The molecular formula is C17H25N3O2. The van der Waals surface area contributed by atoms with E-state index < -0.39 is 0 Å². The van der Waals surface area contributed by atoms with Gasteiger partial charge in [-0.15, -0.1) is 0 Å². The molecule has 2 heterocycles. The topological polar surface area (TPSA) is 65.5 Å². The standard InChI is InChI=1S/C17H25N3O2/c21-16-7-4-9-18-15(16)11-19-17(22)13-8-10-20(12-13)14-5-2-1-3-6-14/h4,7,9,13-14,21H,1-3,5-6,8,10-12H2,(H,19,22)/t13-/m0/s1. The van der Waals surface area contributed by atoms with Gasteiger partial charge in [-0.25, -0.2) is 0 Å². The molecule has 1 aromatic rings. The molecule has 2 fully saturated rings. The second-order valence-corrected chi connectivity index (χ2v) is 6.46. The second kappa shape index (κ2) is 7.09. The molecule has 1 saturated carbocycles. The molecule has 0 unspecified atom stereocenters. The molecule has 0 radical (unpaired) electrons. The first-order valence-corrected chi connectivity index (χ1v) is 8.38. The van der Waals surface area contributed by atoms with E-state index in [0.29, 0.717) is 18.3 Å². The first-order valence-electron chi connectivity index (χ1n) is 8.38. The molecule has 1 aliphatic heterocycles. The lowest BCUT2D eigenvalue weighted by Crippen LogP contribution is -2.37. The summed E-state index contributed by atoms with van der Waals surface area (Å²) in [6.45, 7) is 2.22. The minimum absolute atomic E-state index is 0.0766. The van der Waals surface area contributed by atoms with E-state index in [1.165, 1.54) is 32.1 Å². The summed E-state index contributed by atoms with van der Waals surface area (Å²) in [5.41, 5.74) is 0.526. The minimum Gasteiger partial charge on any atom is -0.506 e. The lowest BCUT2D eigenvalue weighted by atomic mass is 9.94. The van der Waals surface area contributed by atoms with Gasteiger partial charge in [-0.1, -0.05) is 19.3 Å². The van der Waals surface area contributed by atoms with Crippen LogP contribution in [0.2, 0.25) is 0 Å². The van der Waals surface area contributed by atoms with Crippen LogP contribution in [-0.2, 0) is 11.3 Å². The minimum atomic E-state index is 0.0766. The largest absolute Gasteiger partial charge is 0.506 e. The number of nitrogens with zero attached hydrogens (tertiary/aromatic N) is 2. The normalized spacial score (nSPS) is 23.5. The van der Waals surface area contributed by atoms with Crippen molar-refractivity contribution in [1.82, 2.24) is 15.2 Å². The monoisotopic (exact) mass is 303 g/mol. The average molecular weight is 303 g/mol. The molecule has 2 aliphatic rings. The molecule has 1 aliphatic carbocycles. The molecule has 2 N–H and O–H groups in total. The molecule has 1 saturated heterocycles. The van der Waals surface area contributed by atoms with Gasteiger partial charge in [0.2, 0.25) is 5.91 Å². The zero-order chi connectivity index (χ0) is 15.4. The fraction of sp³-hybridized carbons (Fsp3) is 0.647. The highest BCUT2D eigenvalue weighted by molar-refractivity contribution is 5.79. The molecule has 5 heteroatoms. The molecule has 5 nitrogen and oxygen atoms in total. The summed E-state index contributed by atoms with van der Waals surface area (Å²) >= 11 is 0. The summed E-state index contributed by atoms with van der Waals surface area (Å²) in [4.78, 5) is 18.9. The summed E-state index contributed by atoms with van der Waals surface area (Å²) in [5.74, 6) is 0.300. The van der Waals surface area contributed by atoms with Crippen LogP contribution in [0.4, 0.5) is 0 Å². The Morgan fingerprint density at radius 2 is 2.14 bits per heavy atom. The first kappa shape index (κ1) is 15.3. The van der Waals surface area contributed by atoms with Crippen molar-refractivity contribution in [2.45, 2.75) is 51.1 Å². The molecule has 1 amide bonds. The number of carbonyl (C=O) groups excluding carboxylic acids is 1. The average Bonchev–Trinajstić information content (AvgIpc) is 3.05. The molecular weight excluding hydrogens is 278 g/mol. The van der Waals surface area contributed by atoms with E-state index in [0.717, 1.165) is 19.5 Å². The van der Waals surface area contributed by atoms with E-state index in [-0.39, 0.29) is 17.6 Å². The second-order valence-electron chi connectivity index (χ2n) is 6.46. The number of rotatable bonds is 4. The van der Waals surface area contributed by atoms with Crippen LogP contribution in [0.1, 0.15) is 44.2 Å². The van der Waals surface area contributed by atoms with Gasteiger partial charge in [0.05, 0.1) is 12.5 Å². The number of aromatic nitrogens is 1. The van der Waals surface area contributed by atoms with Crippen LogP contribution >= 0.6 is 0 Å². The third-order valence-electron chi connectivity index (χ3n) is 4.98. The SMILES string of the molecule is O=C(NCc1ncccc1O)[C@H]1CCN(C2CCCCC2)C1. The van der Waals surface area contributed by atoms with Gasteiger partial charge in [-0.05, 0) is 37.9 Å². The fourth-order valence-corrected chi connectivity index (χ4v) is 3.66. The zero-order valence-corrected chi connectivity index (χ0v) is 13.0. The maximum atomic E-state index is 12.3. The number of likely N-dealkylation sites (tertiary alicyclic amines) is 1. The van der Waals surface area contributed by atoms with Crippen molar-refractivity contribution in [3.63, 3.8) is 0 Å². The summed E-state index contributed by atoms with van der Waals surface area (Å²) in [5, 5.41) is 12.6. The van der Waals surface area contributed by atoms with Crippen LogP contribution in [0.5, 0.6) is 5.75 Å². The molecule has 22 heavy (non-hydrogen) atoms. The van der Waals surface area contributed by atoms with Gasteiger partial charge in [-0.2, -0.15) is 0 Å². The third kappa shape index (κ3) is 3.58. The maximum Gasteiger partial charge on any atom is 0.224 e. The molecule has 1 aromatic heterocycles. The van der Waals surface area contributed by atoms with Crippen LogP contribution in [0.3, 0.4) is 0 Å².